The van der Waals surface area contributed by atoms with Gasteiger partial charge in [-0.1, -0.05) is 83.5 Å². The molecule has 1 aliphatic heterocycles. The lowest BCUT2D eigenvalue weighted by Crippen LogP contribution is -2.59. The van der Waals surface area contributed by atoms with Gasteiger partial charge in [0.15, 0.2) is 0 Å². The zero-order valence-electron chi connectivity index (χ0n) is 37.0. The van der Waals surface area contributed by atoms with Gasteiger partial charge >= 0.3 is 5.97 Å². The maximum absolute atomic E-state index is 14.4. The fourth-order valence-corrected chi connectivity index (χ4v) is 7.97. The van der Waals surface area contributed by atoms with Gasteiger partial charge in [0.05, 0.1) is 56.5 Å². The summed E-state index contributed by atoms with van der Waals surface area (Å²) < 4.78 is 17.4. The number of amides is 4. The molecule has 0 saturated carbocycles. The third-order valence-corrected chi connectivity index (χ3v) is 11.5. The van der Waals surface area contributed by atoms with Crippen LogP contribution in [0.3, 0.4) is 0 Å². The molecular formula is C43H72N6O10. The second-order valence-electron chi connectivity index (χ2n) is 16.1. The van der Waals surface area contributed by atoms with Gasteiger partial charge in [0, 0.05) is 40.8 Å². The molecule has 16 heteroatoms. The fourth-order valence-electron chi connectivity index (χ4n) is 7.97. The quantitative estimate of drug-likeness (QED) is 0.0575. The van der Waals surface area contributed by atoms with Crippen molar-refractivity contribution in [2.75, 3.05) is 61.2 Å². The smallest absolute Gasteiger partial charge is 0.326 e. The number of rotatable bonds is 27. The van der Waals surface area contributed by atoms with E-state index < -0.39 is 60.2 Å². The average molecular weight is 833 g/mol. The van der Waals surface area contributed by atoms with Crippen molar-refractivity contribution in [2.24, 2.45) is 23.7 Å². The first kappa shape index (κ1) is 51.2. The van der Waals surface area contributed by atoms with Crippen LogP contribution in [0.5, 0.6) is 0 Å². The second-order valence-corrected chi connectivity index (χ2v) is 16.1. The van der Waals surface area contributed by atoms with Gasteiger partial charge in [-0.3, -0.25) is 24.1 Å². The molecule has 334 valence electrons. The number of ether oxygens (including phenoxy) is 3. The van der Waals surface area contributed by atoms with E-state index in [4.69, 9.17) is 20.1 Å². The third-order valence-electron chi connectivity index (χ3n) is 11.5. The van der Waals surface area contributed by atoms with Gasteiger partial charge < -0.3 is 44.6 Å². The predicted molar refractivity (Wildman–Crippen MR) is 225 cm³/mol. The molecule has 59 heavy (non-hydrogen) atoms. The highest BCUT2D eigenvalue weighted by Gasteiger charge is 2.43. The van der Waals surface area contributed by atoms with Gasteiger partial charge in [-0.2, -0.15) is 0 Å². The number of nitrogens with zero attached hydrogens (tertiary/aromatic N) is 3. The van der Waals surface area contributed by atoms with Gasteiger partial charge in [-0.15, -0.1) is 0 Å². The number of aliphatic carboxylic acids is 1. The standard InChI is InChI=1S/C43H72N6O10/c1-12-29(6)38(48(9)42(53)36(27(2)3)46-41(52)37(28(4)5)47(8)21-22-58-23-24-59-44)34(56-10)26-35(50)49-20-16-19-33(49)39(57-11)30(7)40(51)45-32(43(54)55)25-31-17-14-13-15-18-31/h13-15,17-18,27,29-30,32-34,36-39H,4,12,16,19-26,44H2,1-3,5-11H3,(H,45,51)(H,46,52)(H,54,55)/t29-,30+,32-,33-,34+,36-,37-,38-,39+/m0/s1. The summed E-state index contributed by atoms with van der Waals surface area (Å²) in [4.78, 5) is 77.8. The van der Waals surface area contributed by atoms with E-state index in [0.717, 1.165) is 5.56 Å². The number of likely N-dealkylation sites (tertiary alicyclic amines) is 1. The molecule has 1 aromatic rings. The lowest BCUT2D eigenvalue weighted by molar-refractivity contribution is -0.148. The molecular weight excluding hydrogens is 761 g/mol. The number of carboxylic acid groups (broad SMARTS) is 1. The van der Waals surface area contributed by atoms with E-state index >= 15 is 0 Å². The molecule has 1 aliphatic rings. The van der Waals surface area contributed by atoms with Crippen LogP contribution in [-0.4, -0.2) is 153 Å². The minimum absolute atomic E-state index is 0.0461. The first-order chi connectivity index (χ1) is 27.9. The molecule has 9 atom stereocenters. The number of nitrogens with two attached hydrogens (primary N) is 1. The summed E-state index contributed by atoms with van der Waals surface area (Å²) in [5.41, 5.74) is 1.38. The van der Waals surface area contributed by atoms with Crippen LogP contribution in [0.2, 0.25) is 0 Å². The van der Waals surface area contributed by atoms with Crippen molar-refractivity contribution in [3.05, 3.63) is 48.0 Å². The summed E-state index contributed by atoms with van der Waals surface area (Å²) in [6.07, 6.45) is 0.620. The Morgan fingerprint density at radius 1 is 0.983 bits per heavy atom. The van der Waals surface area contributed by atoms with Gasteiger partial charge in [-0.25, -0.2) is 10.7 Å². The number of carbonyl (C=O) groups excluding carboxylic acids is 4. The zero-order valence-corrected chi connectivity index (χ0v) is 37.0. The lowest BCUT2D eigenvalue weighted by Gasteiger charge is -2.41. The number of nitrogens with one attached hydrogen (secondary N) is 2. The maximum atomic E-state index is 14.4. The van der Waals surface area contributed by atoms with Crippen molar-refractivity contribution in [3.8, 4) is 0 Å². The lowest BCUT2D eigenvalue weighted by atomic mass is 9.89. The topological polar surface area (TPSA) is 202 Å². The highest BCUT2D eigenvalue weighted by atomic mass is 16.6. The van der Waals surface area contributed by atoms with Crippen molar-refractivity contribution in [3.63, 3.8) is 0 Å². The minimum Gasteiger partial charge on any atom is -0.480 e. The van der Waals surface area contributed by atoms with Gasteiger partial charge in [0.25, 0.3) is 0 Å². The molecule has 5 N–H and O–H groups in total. The molecule has 0 spiro atoms. The van der Waals surface area contributed by atoms with Crippen molar-refractivity contribution in [1.29, 1.82) is 0 Å². The average Bonchev–Trinajstić information content (AvgIpc) is 3.68. The Morgan fingerprint density at radius 2 is 1.64 bits per heavy atom. The molecule has 1 fully saturated rings. The van der Waals surface area contributed by atoms with Gasteiger partial charge in [0.1, 0.15) is 18.1 Å². The van der Waals surface area contributed by atoms with E-state index in [1.165, 1.54) is 14.2 Å². The Bertz CT molecular complexity index is 1500. The highest BCUT2D eigenvalue weighted by molar-refractivity contribution is 5.91. The minimum atomic E-state index is -1.15. The molecule has 1 heterocycles. The summed E-state index contributed by atoms with van der Waals surface area (Å²) in [6.45, 7) is 17.0. The zero-order chi connectivity index (χ0) is 44.4. The largest absolute Gasteiger partial charge is 0.480 e. The molecule has 1 saturated heterocycles. The van der Waals surface area contributed by atoms with Gasteiger partial charge in [-0.05, 0) is 44.2 Å². The monoisotopic (exact) mass is 833 g/mol. The molecule has 1 aromatic carbocycles. The molecule has 0 aromatic heterocycles. The number of carbonyl (C=O) groups is 5. The highest BCUT2D eigenvalue weighted by Crippen LogP contribution is 2.30. The number of hydrogen-bond acceptors (Lipinski definition) is 11. The van der Waals surface area contributed by atoms with Crippen LogP contribution in [0.15, 0.2) is 42.5 Å². The molecule has 0 aliphatic carbocycles. The Kier molecular flexibility index (Phi) is 22.3. The molecule has 0 unspecified atom stereocenters. The van der Waals surface area contributed by atoms with E-state index in [2.05, 4.69) is 22.1 Å². The summed E-state index contributed by atoms with van der Waals surface area (Å²) in [6, 6.07) is 5.35. The third kappa shape index (κ3) is 14.9. The van der Waals surface area contributed by atoms with Crippen molar-refractivity contribution < 1.29 is 48.1 Å². The maximum Gasteiger partial charge on any atom is 0.326 e. The van der Waals surface area contributed by atoms with Crippen LogP contribution < -0.4 is 16.5 Å². The summed E-state index contributed by atoms with van der Waals surface area (Å²) >= 11 is 0. The second kappa shape index (κ2) is 25.6. The molecule has 0 radical (unpaired) electrons. The summed E-state index contributed by atoms with van der Waals surface area (Å²) in [5.74, 6) is 1.40. The van der Waals surface area contributed by atoms with Crippen LogP contribution in [0.1, 0.15) is 72.8 Å². The Labute approximate surface area is 351 Å². The van der Waals surface area contributed by atoms with Crippen molar-refractivity contribution in [2.45, 2.75) is 116 Å². The van der Waals surface area contributed by atoms with E-state index in [1.54, 1.807) is 49.9 Å². The van der Waals surface area contributed by atoms with Crippen molar-refractivity contribution >= 4 is 29.6 Å². The Morgan fingerprint density at radius 3 is 2.19 bits per heavy atom. The van der Waals surface area contributed by atoms with E-state index in [0.29, 0.717) is 51.1 Å². The van der Waals surface area contributed by atoms with Crippen LogP contribution in [0.25, 0.3) is 0 Å². The number of methoxy groups -OCH3 is 2. The SMILES string of the molecule is C=C(C)[C@@H](C(=O)N[C@H](C(=O)N(C)[C@@H]([C@@H](C)CC)[C@@H](CC(=O)N1CCC[C@H]1[C@H](OC)[C@@H](C)C(=O)N[C@@H](Cc1ccccc1)C(=O)O)OC)C(C)C)N(C)CCOCCON. The molecule has 16 nitrogen and oxygen atoms in total. The Hall–Kier alpha value is -3.93. The molecule has 4 amide bonds. The Balaban J connectivity index is 2.25. The summed E-state index contributed by atoms with van der Waals surface area (Å²) in [5, 5.41) is 15.6. The summed E-state index contributed by atoms with van der Waals surface area (Å²) in [7, 11) is 6.48. The number of likely N-dealkylation sites (N-methyl/N-ethyl adjacent to an activating group) is 2. The van der Waals surface area contributed by atoms with E-state index in [9.17, 15) is 29.1 Å². The van der Waals surface area contributed by atoms with Crippen LogP contribution in [0.4, 0.5) is 0 Å². The van der Waals surface area contributed by atoms with E-state index in [1.807, 2.05) is 50.8 Å². The van der Waals surface area contributed by atoms with Gasteiger partial charge in [0.2, 0.25) is 23.6 Å². The first-order valence-electron chi connectivity index (χ1n) is 20.7. The first-order valence-corrected chi connectivity index (χ1v) is 20.7. The fraction of sp³-hybridized carbons (Fsp3) is 0.698. The normalized spacial score (nSPS) is 18.3. The predicted octanol–water partition coefficient (Wildman–Crippen LogP) is 2.64. The number of hydrogen-bond donors (Lipinski definition) is 4. The van der Waals surface area contributed by atoms with Crippen LogP contribution in [-0.2, 0) is 49.4 Å². The van der Waals surface area contributed by atoms with E-state index in [-0.39, 0.29) is 49.0 Å². The van der Waals surface area contributed by atoms with Crippen LogP contribution in [0, 0.1) is 17.8 Å². The van der Waals surface area contributed by atoms with Crippen LogP contribution >= 0.6 is 0 Å². The molecule has 2 rings (SSSR count). The molecule has 0 bridgehead atoms. The number of carboxylic acids is 1. The number of benzene rings is 1. The van der Waals surface area contributed by atoms with Crippen molar-refractivity contribution in [1.82, 2.24) is 25.3 Å².